The van der Waals surface area contributed by atoms with Gasteiger partial charge in [-0.25, -0.2) is 4.98 Å². The van der Waals surface area contributed by atoms with E-state index in [9.17, 15) is 8.78 Å². The smallest absolute Gasteiger partial charge is 0.387 e. The molecule has 0 amide bonds. The average molecular weight is 520 g/mol. The lowest BCUT2D eigenvalue weighted by Crippen LogP contribution is -2.24. The van der Waals surface area contributed by atoms with Crippen LogP contribution in [-0.2, 0) is 26.2 Å². The summed E-state index contributed by atoms with van der Waals surface area (Å²) < 4.78 is 43.1. The van der Waals surface area contributed by atoms with E-state index in [1.165, 1.54) is 0 Å². The molecule has 4 aromatic rings. The van der Waals surface area contributed by atoms with Crippen molar-refractivity contribution in [2.24, 2.45) is 0 Å². The van der Waals surface area contributed by atoms with E-state index in [4.69, 9.17) is 14.5 Å². The summed E-state index contributed by atoms with van der Waals surface area (Å²) in [5.41, 5.74) is 4.30. The first-order valence-corrected chi connectivity index (χ1v) is 12.8. The van der Waals surface area contributed by atoms with Crippen LogP contribution in [0.25, 0.3) is 11.4 Å². The molecule has 0 bridgehead atoms. The molecule has 6 nitrogen and oxygen atoms in total. The molecule has 0 spiro atoms. The second kappa shape index (κ2) is 12.1. The summed E-state index contributed by atoms with van der Waals surface area (Å²) in [7, 11) is 0. The SMILES string of the molecule is CCCCn1c(CN(Cc2ccc(OC(F)F)cc2)Cc2ccc3c(c2)OCO3)cnc1-c1ccccc1. The molecule has 1 aromatic heterocycles. The number of hydrogen-bond donors (Lipinski definition) is 0. The maximum absolute atomic E-state index is 12.6. The van der Waals surface area contributed by atoms with Gasteiger partial charge in [0, 0.05) is 31.7 Å². The maximum atomic E-state index is 12.6. The summed E-state index contributed by atoms with van der Waals surface area (Å²) in [5, 5.41) is 0. The van der Waals surface area contributed by atoms with Crippen LogP contribution in [0.15, 0.2) is 79.0 Å². The predicted octanol–water partition coefficient (Wildman–Crippen LogP) is 6.88. The molecule has 0 radical (unpaired) electrons. The van der Waals surface area contributed by atoms with E-state index >= 15 is 0 Å². The highest BCUT2D eigenvalue weighted by Gasteiger charge is 2.18. The highest BCUT2D eigenvalue weighted by molar-refractivity contribution is 5.56. The minimum absolute atomic E-state index is 0.149. The molecular formula is C30H31F2N3O3. The molecule has 3 aromatic carbocycles. The lowest BCUT2D eigenvalue weighted by Gasteiger charge is -2.24. The molecule has 0 saturated heterocycles. The average Bonchev–Trinajstić information content (AvgIpc) is 3.55. The molecule has 0 saturated carbocycles. The van der Waals surface area contributed by atoms with Gasteiger partial charge in [0.15, 0.2) is 11.5 Å². The summed E-state index contributed by atoms with van der Waals surface area (Å²) in [6, 6.07) is 23.1. The van der Waals surface area contributed by atoms with Crippen molar-refractivity contribution in [2.75, 3.05) is 6.79 Å². The normalized spacial score (nSPS) is 12.4. The largest absolute Gasteiger partial charge is 0.454 e. The number of unbranched alkanes of at least 4 members (excludes halogenated alkanes) is 1. The second-order valence-corrected chi connectivity index (χ2v) is 9.30. The summed E-state index contributed by atoms with van der Waals surface area (Å²) in [6.07, 6.45) is 4.10. The first-order valence-electron chi connectivity index (χ1n) is 12.8. The molecule has 8 heteroatoms. The first-order chi connectivity index (χ1) is 18.6. The van der Waals surface area contributed by atoms with E-state index in [0.29, 0.717) is 19.6 Å². The minimum Gasteiger partial charge on any atom is -0.454 e. The van der Waals surface area contributed by atoms with Crippen LogP contribution in [0.4, 0.5) is 8.78 Å². The third-order valence-electron chi connectivity index (χ3n) is 6.49. The first kappa shape index (κ1) is 25.7. The fraction of sp³-hybridized carbons (Fsp3) is 0.300. The fourth-order valence-corrected chi connectivity index (χ4v) is 4.65. The van der Waals surface area contributed by atoms with E-state index in [1.54, 1.807) is 12.1 Å². The van der Waals surface area contributed by atoms with Gasteiger partial charge >= 0.3 is 6.61 Å². The van der Waals surface area contributed by atoms with Gasteiger partial charge in [-0.2, -0.15) is 8.78 Å². The molecule has 198 valence electrons. The van der Waals surface area contributed by atoms with Gasteiger partial charge in [0.1, 0.15) is 11.6 Å². The summed E-state index contributed by atoms with van der Waals surface area (Å²) in [4.78, 5) is 7.12. The summed E-state index contributed by atoms with van der Waals surface area (Å²) in [5.74, 6) is 2.61. The number of nitrogens with zero attached hydrogens (tertiary/aromatic N) is 3. The topological polar surface area (TPSA) is 48.8 Å². The van der Waals surface area contributed by atoms with Gasteiger partial charge in [-0.3, -0.25) is 4.90 Å². The van der Waals surface area contributed by atoms with Crippen LogP contribution in [0.1, 0.15) is 36.6 Å². The zero-order valence-electron chi connectivity index (χ0n) is 21.4. The van der Waals surface area contributed by atoms with Crippen LogP contribution in [0.2, 0.25) is 0 Å². The zero-order chi connectivity index (χ0) is 26.3. The number of alkyl halides is 2. The van der Waals surface area contributed by atoms with Crippen LogP contribution >= 0.6 is 0 Å². The van der Waals surface area contributed by atoms with Crippen molar-refractivity contribution in [3.63, 3.8) is 0 Å². The van der Waals surface area contributed by atoms with E-state index in [1.807, 2.05) is 54.7 Å². The Hall–Kier alpha value is -3.91. The second-order valence-electron chi connectivity index (χ2n) is 9.30. The lowest BCUT2D eigenvalue weighted by atomic mass is 10.1. The highest BCUT2D eigenvalue weighted by Crippen LogP contribution is 2.33. The Kier molecular flexibility index (Phi) is 8.19. The number of hydrogen-bond acceptors (Lipinski definition) is 5. The minimum atomic E-state index is -2.84. The van der Waals surface area contributed by atoms with Crippen molar-refractivity contribution < 1.29 is 23.0 Å². The van der Waals surface area contributed by atoms with Gasteiger partial charge in [-0.15, -0.1) is 0 Å². The van der Waals surface area contributed by atoms with Gasteiger partial charge in [0.05, 0.1) is 11.9 Å². The van der Waals surface area contributed by atoms with E-state index in [-0.39, 0.29) is 12.5 Å². The van der Waals surface area contributed by atoms with Crippen LogP contribution in [0.3, 0.4) is 0 Å². The number of halogens is 2. The molecule has 5 rings (SSSR count). The third-order valence-corrected chi connectivity index (χ3v) is 6.49. The van der Waals surface area contributed by atoms with Gasteiger partial charge in [-0.1, -0.05) is 61.9 Å². The molecule has 38 heavy (non-hydrogen) atoms. The Morgan fingerprint density at radius 3 is 2.42 bits per heavy atom. The number of rotatable bonds is 12. The van der Waals surface area contributed by atoms with Crippen molar-refractivity contribution in [3.05, 3.63) is 95.8 Å². The van der Waals surface area contributed by atoms with Crippen molar-refractivity contribution in [1.82, 2.24) is 14.5 Å². The molecule has 1 aliphatic rings. The number of benzene rings is 3. The monoisotopic (exact) mass is 519 g/mol. The maximum Gasteiger partial charge on any atom is 0.387 e. The van der Waals surface area contributed by atoms with Crippen LogP contribution in [0, 0.1) is 0 Å². The lowest BCUT2D eigenvalue weighted by molar-refractivity contribution is -0.0498. The van der Waals surface area contributed by atoms with Crippen molar-refractivity contribution >= 4 is 0 Å². The van der Waals surface area contributed by atoms with E-state index < -0.39 is 6.61 Å². The Morgan fingerprint density at radius 2 is 1.66 bits per heavy atom. The molecule has 0 aliphatic carbocycles. The van der Waals surface area contributed by atoms with Crippen molar-refractivity contribution in [3.8, 4) is 28.6 Å². The Labute approximate surface area is 221 Å². The Bertz CT molecular complexity index is 1330. The van der Waals surface area contributed by atoms with Crippen LogP contribution < -0.4 is 14.2 Å². The number of imidazole rings is 1. The molecule has 0 fully saturated rings. The number of aromatic nitrogens is 2. The van der Waals surface area contributed by atoms with Crippen LogP contribution in [0.5, 0.6) is 17.2 Å². The Morgan fingerprint density at radius 1 is 0.921 bits per heavy atom. The predicted molar refractivity (Wildman–Crippen MR) is 141 cm³/mol. The molecule has 0 unspecified atom stereocenters. The van der Waals surface area contributed by atoms with E-state index in [0.717, 1.165) is 59.1 Å². The molecule has 1 aliphatic heterocycles. The highest BCUT2D eigenvalue weighted by atomic mass is 19.3. The van der Waals surface area contributed by atoms with E-state index in [2.05, 4.69) is 33.3 Å². The zero-order valence-corrected chi connectivity index (χ0v) is 21.4. The molecule has 2 heterocycles. The summed E-state index contributed by atoms with van der Waals surface area (Å²) in [6.45, 7) is 2.39. The van der Waals surface area contributed by atoms with Gasteiger partial charge in [-0.05, 0) is 41.8 Å². The van der Waals surface area contributed by atoms with Gasteiger partial charge in [0.25, 0.3) is 0 Å². The van der Waals surface area contributed by atoms with Crippen LogP contribution in [-0.4, -0.2) is 27.9 Å². The van der Waals surface area contributed by atoms with Crippen molar-refractivity contribution in [2.45, 2.75) is 52.6 Å². The van der Waals surface area contributed by atoms with Crippen molar-refractivity contribution in [1.29, 1.82) is 0 Å². The summed E-state index contributed by atoms with van der Waals surface area (Å²) >= 11 is 0. The standard InChI is InChI=1S/C30H31F2N3O3/c1-2-3-15-35-25(17-33-29(35)24-7-5-4-6-8-24)20-34(18-22-9-12-26(13-10-22)38-30(31)32)19-23-11-14-27-28(16-23)37-21-36-27/h4-14,16-17,30H,2-3,15,18-21H2,1H3. The van der Waals surface area contributed by atoms with Gasteiger partial charge < -0.3 is 18.8 Å². The van der Waals surface area contributed by atoms with Gasteiger partial charge in [0.2, 0.25) is 6.79 Å². The molecule has 0 atom stereocenters. The Balaban J connectivity index is 1.42. The molecular weight excluding hydrogens is 488 g/mol. The third kappa shape index (κ3) is 6.31. The quantitative estimate of drug-likeness (QED) is 0.204. The molecule has 0 N–H and O–H groups in total. The number of ether oxygens (including phenoxy) is 3. The number of fused-ring (bicyclic) bond motifs is 1. The fourth-order valence-electron chi connectivity index (χ4n) is 4.65.